The van der Waals surface area contributed by atoms with Gasteiger partial charge in [-0.1, -0.05) is 48.8 Å². The summed E-state index contributed by atoms with van der Waals surface area (Å²) in [5.74, 6) is -2.69. The average molecular weight is 552 g/mol. The second-order valence-corrected chi connectivity index (χ2v) is 7.01. The summed E-state index contributed by atoms with van der Waals surface area (Å²) in [5, 5.41) is 27.0. The molecule has 0 aromatic rings. The van der Waals surface area contributed by atoms with Crippen LogP contribution in [0.2, 0.25) is 0 Å². The van der Waals surface area contributed by atoms with Crippen LogP contribution in [0.3, 0.4) is 0 Å². The summed E-state index contributed by atoms with van der Waals surface area (Å²) < 4.78 is 1.22. The molecule has 0 aliphatic rings. The molecular weight excluding hydrogens is 537 g/mol. The zero-order valence-corrected chi connectivity index (χ0v) is 14.9. The smallest absolute Gasteiger partial charge is 0.311 e. The molecule has 3 nitrogen and oxygen atoms in total. The highest BCUT2D eigenvalue weighted by molar-refractivity contribution is 14.1. The summed E-state index contributed by atoms with van der Waals surface area (Å²) in [5.41, 5.74) is 0. The lowest BCUT2D eigenvalue weighted by Gasteiger charge is -2.18. The monoisotopic (exact) mass is 552 g/mol. The molecule has 0 saturated carbocycles. The van der Waals surface area contributed by atoms with Crippen LogP contribution in [0.4, 0.5) is 0 Å². The number of hydrogen-bond donors (Lipinski definition) is 3. The van der Waals surface area contributed by atoms with E-state index in [4.69, 9.17) is 15.3 Å². The number of hydrogen-bond acceptors (Lipinski definition) is 3. The van der Waals surface area contributed by atoms with E-state index in [9.17, 15) is 0 Å². The lowest BCUT2D eigenvalue weighted by molar-refractivity contribution is -0.275. The molecule has 0 aliphatic carbocycles. The molecule has 0 aromatic heterocycles. The molecule has 0 aromatic carbocycles. The van der Waals surface area contributed by atoms with Gasteiger partial charge in [-0.2, -0.15) is 0 Å². The van der Waals surface area contributed by atoms with E-state index in [0.29, 0.717) is 0 Å². The van der Waals surface area contributed by atoms with E-state index in [1.807, 2.05) is 0 Å². The normalized spacial score (nSPS) is 16.2. The van der Waals surface area contributed by atoms with Crippen molar-refractivity contribution >= 4 is 67.8 Å². The van der Waals surface area contributed by atoms with Crippen molar-refractivity contribution in [2.75, 3.05) is 0 Å². The Balaban J connectivity index is 4.35. The number of aliphatic hydroxyl groups is 3. The summed E-state index contributed by atoms with van der Waals surface area (Å²) in [6.45, 7) is 2.15. The molecule has 3 N–H and O–H groups in total. The first-order valence-electron chi connectivity index (χ1n) is 4.67. The minimum atomic E-state index is -2.69. The lowest BCUT2D eigenvalue weighted by atomic mass is 10.1. The van der Waals surface area contributed by atoms with Gasteiger partial charge in [0.05, 0.1) is 3.58 Å². The Morgan fingerprint density at radius 1 is 1.20 bits per heavy atom. The van der Waals surface area contributed by atoms with E-state index in [0.717, 1.165) is 16.4 Å². The molecule has 0 radical (unpaired) electrons. The first kappa shape index (κ1) is 16.8. The van der Waals surface area contributed by atoms with Crippen LogP contribution in [0, 0.1) is 0 Å². The van der Waals surface area contributed by atoms with Gasteiger partial charge in [-0.05, 0) is 51.6 Å². The summed E-state index contributed by atoms with van der Waals surface area (Å²) >= 11 is 6.08. The Labute approximate surface area is 131 Å². The van der Waals surface area contributed by atoms with Gasteiger partial charge in [0, 0.05) is 7.50 Å². The van der Waals surface area contributed by atoms with Crippen molar-refractivity contribution in [2.24, 2.45) is 0 Å². The molecule has 1 atom stereocenters. The van der Waals surface area contributed by atoms with E-state index in [1.54, 1.807) is 22.6 Å². The molecule has 6 heteroatoms. The summed E-state index contributed by atoms with van der Waals surface area (Å²) in [6, 6.07) is 0. The van der Waals surface area contributed by atoms with Crippen LogP contribution in [0.1, 0.15) is 32.6 Å². The van der Waals surface area contributed by atoms with Crippen molar-refractivity contribution in [1.82, 2.24) is 0 Å². The largest absolute Gasteiger partial charge is 0.339 e. The Bertz CT molecular complexity index is 223. The van der Waals surface area contributed by atoms with Gasteiger partial charge < -0.3 is 15.3 Å². The molecule has 15 heavy (non-hydrogen) atoms. The zero-order valence-electron chi connectivity index (χ0n) is 8.38. The molecule has 0 amide bonds. The highest BCUT2D eigenvalue weighted by Crippen LogP contribution is 2.34. The second-order valence-electron chi connectivity index (χ2n) is 3.26. The van der Waals surface area contributed by atoms with Crippen LogP contribution in [0.25, 0.3) is 0 Å². The van der Waals surface area contributed by atoms with Crippen molar-refractivity contribution in [3.63, 3.8) is 0 Å². The molecule has 0 bridgehead atoms. The number of allylic oxidation sites excluding steroid dienone is 1. The Morgan fingerprint density at radius 2 is 1.73 bits per heavy atom. The SMILES string of the molecule is CCCCCC(I)C(I)=C(I)C(O)(O)O. The molecule has 0 heterocycles. The van der Waals surface area contributed by atoms with E-state index in [-0.39, 0.29) is 7.50 Å². The van der Waals surface area contributed by atoms with Crippen molar-refractivity contribution in [3.05, 3.63) is 7.16 Å². The predicted molar refractivity (Wildman–Crippen MR) is 86.4 cm³/mol. The van der Waals surface area contributed by atoms with Crippen molar-refractivity contribution < 1.29 is 15.3 Å². The molecule has 0 rings (SSSR count). The highest BCUT2D eigenvalue weighted by atomic mass is 127. The fourth-order valence-corrected chi connectivity index (χ4v) is 3.39. The Morgan fingerprint density at radius 3 is 2.13 bits per heavy atom. The van der Waals surface area contributed by atoms with Gasteiger partial charge in [-0.25, -0.2) is 0 Å². The second kappa shape index (κ2) is 8.01. The first-order chi connectivity index (χ1) is 6.80. The molecule has 90 valence electrons. The van der Waals surface area contributed by atoms with Crippen LogP contribution < -0.4 is 0 Å². The minimum absolute atomic E-state index is 0.191. The molecule has 0 fully saturated rings. The number of halogens is 3. The molecule has 0 aliphatic heterocycles. The fourth-order valence-electron chi connectivity index (χ4n) is 0.998. The third-order valence-corrected chi connectivity index (χ3v) is 7.91. The maximum absolute atomic E-state index is 9.01. The number of alkyl halides is 1. The van der Waals surface area contributed by atoms with E-state index >= 15 is 0 Å². The minimum Gasteiger partial charge on any atom is -0.339 e. The van der Waals surface area contributed by atoms with Crippen molar-refractivity contribution in [3.8, 4) is 0 Å². The average Bonchev–Trinajstić information content (AvgIpc) is 2.14. The molecule has 0 saturated heterocycles. The third kappa shape index (κ3) is 6.96. The van der Waals surface area contributed by atoms with Crippen molar-refractivity contribution in [1.29, 1.82) is 0 Å². The van der Waals surface area contributed by atoms with Gasteiger partial charge in [0.25, 0.3) is 0 Å². The summed E-state index contributed by atoms with van der Waals surface area (Å²) in [7, 11) is 0. The van der Waals surface area contributed by atoms with E-state index in [1.165, 1.54) is 12.8 Å². The number of rotatable bonds is 6. The lowest BCUT2D eigenvalue weighted by Crippen LogP contribution is -2.28. The summed E-state index contributed by atoms with van der Waals surface area (Å²) in [6.07, 6.45) is 4.47. The van der Waals surface area contributed by atoms with Crippen LogP contribution in [0.5, 0.6) is 0 Å². The van der Waals surface area contributed by atoms with E-state index in [2.05, 4.69) is 52.1 Å². The Hall–Kier alpha value is 1.81. The van der Waals surface area contributed by atoms with E-state index < -0.39 is 5.97 Å². The Kier molecular flexibility index (Phi) is 8.97. The molecule has 0 spiro atoms. The van der Waals surface area contributed by atoms with Gasteiger partial charge >= 0.3 is 5.97 Å². The summed E-state index contributed by atoms with van der Waals surface area (Å²) in [4.78, 5) is 0. The number of unbranched alkanes of at least 4 members (excludes halogenated alkanes) is 2. The van der Waals surface area contributed by atoms with Crippen LogP contribution in [-0.2, 0) is 0 Å². The third-order valence-electron chi connectivity index (χ3n) is 1.84. The molecule has 1 unspecified atom stereocenters. The zero-order chi connectivity index (χ0) is 12.1. The van der Waals surface area contributed by atoms with Crippen molar-refractivity contribution in [2.45, 2.75) is 42.5 Å². The molecular formula is C9H15I3O3. The fraction of sp³-hybridized carbons (Fsp3) is 0.778. The van der Waals surface area contributed by atoms with Gasteiger partial charge in [-0.15, -0.1) is 0 Å². The van der Waals surface area contributed by atoms with Gasteiger partial charge in [0.2, 0.25) is 0 Å². The van der Waals surface area contributed by atoms with Crippen LogP contribution in [0.15, 0.2) is 7.16 Å². The highest BCUT2D eigenvalue weighted by Gasteiger charge is 2.27. The van der Waals surface area contributed by atoms with Gasteiger partial charge in [0.1, 0.15) is 0 Å². The van der Waals surface area contributed by atoms with Crippen LogP contribution >= 0.6 is 67.8 Å². The first-order valence-corrected chi connectivity index (χ1v) is 8.07. The quantitative estimate of drug-likeness (QED) is 0.206. The maximum atomic E-state index is 9.01. The van der Waals surface area contributed by atoms with Gasteiger partial charge in [0.15, 0.2) is 0 Å². The standard InChI is InChI=1S/C9H15I3O3/c1-2-3-4-5-6(10)7(11)8(12)9(13,14)15/h6,13-15H,2-5H2,1H3. The predicted octanol–water partition coefficient (Wildman–Crippen LogP) is 3.08. The maximum Gasteiger partial charge on any atom is 0.311 e. The van der Waals surface area contributed by atoms with Crippen LogP contribution in [-0.4, -0.2) is 25.2 Å². The van der Waals surface area contributed by atoms with Gasteiger partial charge in [-0.3, -0.25) is 0 Å². The topological polar surface area (TPSA) is 60.7 Å².